The molecule has 2 rings (SSSR count). The standard InChI is InChI=1S/C7H10N2S/c8-5-3-1-2-4-7(5)6(9)10-7/h1-6H,8-9H2/t5?,6-,7?/m1/s1. The zero-order chi connectivity index (χ0) is 7.19. The predicted molar refractivity (Wildman–Crippen MR) is 44.6 cm³/mol. The van der Waals surface area contributed by atoms with Gasteiger partial charge in [-0.3, -0.25) is 0 Å². The van der Waals surface area contributed by atoms with Gasteiger partial charge in [-0.15, -0.1) is 11.8 Å². The lowest BCUT2D eigenvalue weighted by atomic mass is 9.96. The van der Waals surface area contributed by atoms with Crippen molar-refractivity contribution in [3.8, 4) is 0 Å². The number of thioether (sulfide) groups is 1. The maximum atomic E-state index is 5.83. The average molecular weight is 154 g/mol. The van der Waals surface area contributed by atoms with Gasteiger partial charge in [0.1, 0.15) is 0 Å². The fourth-order valence-corrected chi connectivity index (χ4v) is 2.24. The molecule has 0 radical (unpaired) electrons. The van der Waals surface area contributed by atoms with E-state index in [0.717, 1.165) is 0 Å². The first-order valence-electron chi connectivity index (χ1n) is 3.31. The Morgan fingerprint density at radius 3 is 2.40 bits per heavy atom. The second-order valence-corrected chi connectivity index (χ2v) is 4.11. The highest BCUT2D eigenvalue weighted by Gasteiger charge is 2.55. The molecule has 1 spiro atoms. The summed E-state index contributed by atoms with van der Waals surface area (Å²) in [7, 11) is 0. The van der Waals surface area contributed by atoms with Crippen LogP contribution in [0.15, 0.2) is 24.3 Å². The summed E-state index contributed by atoms with van der Waals surface area (Å²) in [6, 6.07) is 0.109. The summed E-state index contributed by atoms with van der Waals surface area (Å²) in [5, 5.41) is 0.212. The number of nitrogens with two attached hydrogens (primary N) is 2. The molecule has 2 unspecified atom stereocenters. The third kappa shape index (κ3) is 0.682. The van der Waals surface area contributed by atoms with E-state index < -0.39 is 0 Å². The van der Waals surface area contributed by atoms with E-state index in [-0.39, 0.29) is 16.2 Å². The lowest BCUT2D eigenvalue weighted by Gasteiger charge is -2.17. The molecule has 0 aromatic rings. The number of allylic oxidation sites excluding steroid dienone is 2. The summed E-state index contributed by atoms with van der Waals surface area (Å²) >= 11 is 1.74. The summed E-state index contributed by atoms with van der Waals surface area (Å²) in [6.45, 7) is 0. The molecule has 1 heterocycles. The minimum absolute atomic E-state index is 0.0503. The van der Waals surface area contributed by atoms with Crippen molar-refractivity contribution in [3.05, 3.63) is 24.3 Å². The van der Waals surface area contributed by atoms with Gasteiger partial charge in [0, 0.05) is 6.04 Å². The van der Waals surface area contributed by atoms with Gasteiger partial charge < -0.3 is 11.5 Å². The molecule has 1 fully saturated rings. The van der Waals surface area contributed by atoms with Crippen LogP contribution in [0.1, 0.15) is 0 Å². The highest BCUT2D eigenvalue weighted by Crippen LogP contribution is 2.54. The molecule has 2 nitrogen and oxygen atoms in total. The van der Waals surface area contributed by atoms with E-state index in [2.05, 4.69) is 6.08 Å². The minimum atomic E-state index is 0.0503. The molecule has 0 aromatic carbocycles. The average Bonchev–Trinajstić information content (AvgIpc) is 2.53. The van der Waals surface area contributed by atoms with Crippen LogP contribution in [0, 0.1) is 0 Å². The molecule has 1 aliphatic heterocycles. The van der Waals surface area contributed by atoms with Crippen LogP contribution in [0.3, 0.4) is 0 Å². The summed E-state index contributed by atoms with van der Waals surface area (Å²) in [5.74, 6) is 0. The molecule has 2 aliphatic rings. The largest absolute Gasteiger partial charge is 0.323 e. The first-order valence-corrected chi connectivity index (χ1v) is 4.19. The maximum Gasteiger partial charge on any atom is 0.0789 e. The zero-order valence-corrected chi connectivity index (χ0v) is 6.34. The van der Waals surface area contributed by atoms with Crippen LogP contribution in [0.25, 0.3) is 0 Å². The van der Waals surface area contributed by atoms with Gasteiger partial charge in [0.15, 0.2) is 0 Å². The van der Waals surface area contributed by atoms with Gasteiger partial charge in [-0.05, 0) is 0 Å². The Morgan fingerprint density at radius 2 is 2.00 bits per heavy atom. The molecule has 54 valence electrons. The smallest absolute Gasteiger partial charge is 0.0789 e. The topological polar surface area (TPSA) is 52.0 Å². The van der Waals surface area contributed by atoms with Crippen molar-refractivity contribution in [1.82, 2.24) is 0 Å². The van der Waals surface area contributed by atoms with Crippen molar-refractivity contribution in [2.75, 3.05) is 0 Å². The van der Waals surface area contributed by atoms with Gasteiger partial charge in [-0.1, -0.05) is 24.3 Å². The number of hydrogen-bond donors (Lipinski definition) is 2. The van der Waals surface area contributed by atoms with Crippen LogP contribution >= 0.6 is 11.8 Å². The second-order valence-electron chi connectivity index (χ2n) is 2.66. The Bertz CT molecular complexity index is 212. The predicted octanol–water partition coefficient (Wildman–Crippen LogP) is 0.210. The summed E-state index contributed by atoms with van der Waals surface area (Å²) in [5.41, 5.74) is 11.5. The molecule has 3 atom stereocenters. The molecule has 3 heteroatoms. The highest BCUT2D eigenvalue weighted by molar-refractivity contribution is 8.09. The summed E-state index contributed by atoms with van der Waals surface area (Å²) < 4.78 is 0.0503. The van der Waals surface area contributed by atoms with Crippen molar-refractivity contribution in [2.24, 2.45) is 11.5 Å². The number of rotatable bonds is 0. The molecule has 1 aliphatic carbocycles. The second kappa shape index (κ2) is 1.87. The van der Waals surface area contributed by atoms with Gasteiger partial charge in [0.25, 0.3) is 0 Å². The van der Waals surface area contributed by atoms with E-state index in [1.54, 1.807) is 11.8 Å². The maximum absolute atomic E-state index is 5.83. The van der Waals surface area contributed by atoms with Crippen LogP contribution < -0.4 is 11.5 Å². The highest BCUT2D eigenvalue weighted by atomic mass is 32.2. The Morgan fingerprint density at radius 1 is 1.30 bits per heavy atom. The quantitative estimate of drug-likeness (QED) is 0.490. The van der Waals surface area contributed by atoms with E-state index in [4.69, 9.17) is 11.5 Å². The third-order valence-corrected chi connectivity index (χ3v) is 3.49. The van der Waals surface area contributed by atoms with Gasteiger partial charge in [0.2, 0.25) is 0 Å². The van der Waals surface area contributed by atoms with E-state index in [1.165, 1.54) is 0 Å². The van der Waals surface area contributed by atoms with Crippen molar-refractivity contribution in [1.29, 1.82) is 0 Å². The van der Waals surface area contributed by atoms with E-state index in [9.17, 15) is 0 Å². The fraction of sp³-hybridized carbons (Fsp3) is 0.429. The molecular formula is C7H10N2S. The first-order chi connectivity index (χ1) is 4.76. The van der Waals surface area contributed by atoms with Crippen molar-refractivity contribution >= 4 is 11.8 Å². The molecule has 1 saturated heterocycles. The zero-order valence-electron chi connectivity index (χ0n) is 5.53. The third-order valence-electron chi connectivity index (χ3n) is 2.03. The number of hydrogen-bond acceptors (Lipinski definition) is 3. The normalized spacial score (nSPS) is 50.2. The van der Waals surface area contributed by atoms with E-state index in [0.29, 0.717) is 0 Å². The molecular weight excluding hydrogens is 144 g/mol. The van der Waals surface area contributed by atoms with Gasteiger partial charge >= 0.3 is 0 Å². The van der Waals surface area contributed by atoms with Gasteiger partial charge in [-0.25, -0.2) is 0 Å². The molecule has 0 saturated carbocycles. The molecule has 0 bridgehead atoms. The van der Waals surface area contributed by atoms with E-state index >= 15 is 0 Å². The SMILES string of the molecule is NC1C=CC=CC12S[C@H]2N. The first kappa shape index (κ1) is 6.46. The van der Waals surface area contributed by atoms with Crippen LogP contribution in [-0.4, -0.2) is 16.2 Å². The van der Waals surface area contributed by atoms with Crippen LogP contribution in [-0.2, 0) is 0 Å². The van der Waals surface area contributed by atoms with Crippen molar-refractivity contribution in [3.63, 3.8) is 0 Å². The molecule has 0 aromatic heterocycles. The lowest BCUT2D eigenvalue weighted by Crippen LogP contribution is -2.39. The Balaban J connectivity index is 2.25. The fourth-order valence-electron chi connectivity index (χ4n) is 1.24. The lowest BCUT2D eigenvalue weighted by molar-refractivity contribution is 0.672. The van der Waals surface area contributed by atoms with Gasteiger partial charge in [0.05, 0.1) is 10.1 Å². The van der Waals surface area contributed by atoms with Crippen LogP contribution in [0.5, 0.6) is 0 Å². The van der Waals surface area contributed by atoms with Crippen molar-refractivity contribution in [2.45, 2.75) is 16.2 Å². The Kier molecular flexibility index (Phi) is 1.21. The molecule has 4 N–H and O–H groups in total. The molecule has 0 amide bonds. The van der Waals surface area contributed by atoms with Crippen molar-refractivity contribution < 1.29 is 0 Å². The summed E-state index contributed by atoms with van der Waals surface area (Å²) in [4.78, 5) is 0. The molecule has 10 heavy (non-hydrogen) atoms. The van der Waals surface area contributed by atoms with E-state index in [1.807, 2.05) is 18.2 Å². The van der Waals surface area contributed by atoms with Crippen LogP contribution in [0.2, 0.25) is 0 Å². The summed E-state index contributed by atoms with van der Waals surface area (Å²) in [6.07, 6.45) is 8.09. The van der Waals surface area contributed by atoms with Gasteiger partial charge in [-0.2, -0.15) is 0 Å². The minimum Gasteiger partial charge on any atom is -0.323 e. The Hall–Kier alpha value is -0.250. The monoisotopic (exact) mass is 154 g/mol. The Labute approximate surface area is 64.3 Å². The van der Waals surface area contributed by atoms with Crippen LogP contribution in [0.4, 0.5) is 0 Å².